The molecule has 1 aliphatic rings. The zero-order valence-electron chi connectivity index (χ0n) is 6.55. The van der Waals surface area contributed by atoms with Crippen LogP contribution in [0.4, 0.5) is 0 Å². The van der Waals surface area contributed by atoms with Gasteiger partial charge in [0.05, 0.1) is 6.61 Å². The number of ether oxygens (including phenoxy) is 1. The van der Waals surface area contributed by atoms with Gasteiger partial charge in [0, 0.05) is 21.5 Å². The van der Waals surface area contributed by atoms with Crippen molar-refractivity contribution in [3.8, 4) is 5.75 Å². The summed E-state index contributed by atoms with van der Waals surface area (Å²) in [6, 6.07) is 6.23. The first kappa shape index (κ1) is 8.45. The van der Waals surface area contributed by atoms with Crippen LogP contribution in [0.25, 0.3) is 0 Å². The normalized spacial score (nSPS) is 16.1. The minimum atomic E-state index is 0.828. The Kier molecular flexibility index (Phi) is 2.61. The summed E-state index contributed by atoms with van der Waals surface area (Å²) in [4.78, 5) is 0. The van der Waals surface area contributed by atoms with Crippen LogP contribution in [0.2, 0.25) is 0 Å². The van der Waals surface area contributed by atoms with E-state index in [0.29, 0.717) is 0 Å². The lowest BCUT2D eigenvalue weighted by molar-refractivity contribution is 0.343. The molecule has 1 aromatic rings. The van der Waals surface area contributed by atoms with Crippen molar-refractivity contribution in [1.29, 1.82) is 0 Å². The second kappa shape index (κ2) is 3.71. The Bertz CT molecular complexity index is 288. The summed E-state index contributed by atoms with van der Waals surface area (Å²) in [5.41, 5.74) is 1.31. The SMILES string of the molecule is Brc1ccc2c(c1)OCCSC2. The maximum atomic E-state index is 5.58. The van der Waals surface area contributed by atoms with Gasteiger partial charge in [-0.2, -0.15) is 11.8 Å². The Morgan fingerprint density at radius 1 is 1.42 bits per heavy atom. The Hall–Kier alpha value is -0.150. The van der Waals surface area contributed by atoms with E-state index in [1.54, 1.807) is 0 Å². The van der Waals surface area contributed by atoms with E-state index < -0.39 is 0 Å². The molecule has 0 saturated carbocycles. The molecule has 0 N–H and O–H groups in total. The largest absolute Gasteiger partial charge is 0.492 e. The molecule has 1 aliphatic heterocycles. The van der Waals surface area contributed by atoms with Crippen molar-refractivity contribution in [2.75, 3.05) is 12.4 Å². The first-order chi connectivity index (χ1) is 5.86. The standard InChI is InChI=1S/C9H9BrOS/c10-8-2-1-7-6-12-4-3-11-9(7)5-8/h1-2,5H,3-4,6H2. The maximum Gasteiger partial charge on any atom is 0.124 e. The highest BCUT2D eigenvalue weighted by atomic mass is 79.9. The minimum Gasteiger partial charge on any atom is -0.492 e. The fourth-order valence-corrected chi connectivity index (χ4v) is 2.32. The highest BCUT2D eigenvalue weighted by Gasteiger charge is 2.08. The summed E-state index contributed by atoms with van der Waals surface area (Å²) in [6.07, 6.45) is 0. The van der Waals surface area contributed by atoms with Crippen molar-refractivity contribution in [1.82, 2.24) is 0 Å². The molecular formula is C9H9BrOS. The summed E-state index contributed by atoms with van der Waals surface area (Å²) in [7, 11) is 0. The van der Waals surface area contributed by atoms with Crippen LogP contribution < -0.4 is 4.74 Å². The van der Waals surface area contributed by atoms with E-state index in [1.165, 1.54) is 5.56 Å². The van der Waals surface area contributed by atoms with Crippen molar-refractivity contribution in [3.05, 3.63) is 28.2 Å². The van der Waals surface area contributed by atoms with Gasteiger partial charge in [0.2, 0.25) is 0 Å². The molecule has 3 heteroatoms. The lowest BCUT2D eigenvalue weighted by Crippen LogP contribution is -1.97. The zero-order valence-corrected chi connectivity index (χ0v) is 8.95. The van der Waals surface area contributed by atoms with E-state index in [1.807, 2.05) is 17.8 Å². The molecule has 0 amide bonds. The molecule has 0 radical (unpaired) electrons. The molecular weight excluding hydrogens is 236 g/mol. The van der Waals surface area contributed by atoms with Gasteiger partial charge in [0.25, 0.3) is 0 Å². The van der Waals surface area contributed by atoms with Gasteiger partial charge in [-0.25, -0.2) is 0 Å². The number of fused-ring (bicyclic) bond motifs is 1. The van der Waals surface area contributed by atoms with Gasteiger partial charge in [0.15, 0.2) is 0 Å². The van der Waals surface area contributed by atoms with Crippen LogP contribution in [0, 0.1) is 0 Å². The number of thioether (sulfide) groups is 1. The van der Waals surface area contributed by atoms with Gasteiger partial charge in [-0.3, -0.25) is 0 Å². The molecule has 1 aromatic carbocycles. The van der Waals surface area contributed by atoms with Crippen LogP contribution in [0.3, 0.4) is 0 Å². The molecule has 0 atom stereocenters. The zero-order chi connectivity index (χ0) is 8.39. The number of hydrogen-bond acceptors (Lipinski definition) is 2. The van der Waals surface area contributed by atoms with Crippen LogP contribution in [-0.4, -0.2) is 12.4 Å². The van der Waals surface area contributed by atoms with Crippen molar-refractivity contribution >= 4 is 27.7 Å². The number of rotatable bonds is 0. The number of hydrogen-bond donors (Lipinski definition) is 0. The molecule has 1 heterocycles. The second-order valence-electron chi connectivity index (χ2n) is 2.65. The van der Waals surface area contributed by atoms with E-state index in [4.69, 9.17) is 4.74 Å². The molecule has 2 rings (SSSR count). The van der Waals surface area contributed by atoms with E-state index in [-0.39, 0.29) is 0 Å². The summed E-state index contributed by atoms with van der Waals surface area (Å²) in [5, 5.41) is 0. The third-order valence-corrected chi connectivity index (χ3v) is 3.24. The van der Waals surface area contributed by atoms with Crippen molar-refractivity contribution in [3.63, 3.8) is 0 Å². The summed E-state index contributed by atoms with van der Waals surface area (Å²) >= 11 is 5.35. The minimum absolute atomic E-state index is 0.828. The molecule has 0 aromatic heterocycles. The van der Waals surface area contributed by atoms with Crippen LogP contribution in [0.1, 0.15) is 5.56 Å². The summed E-state index contributed by atoms with van der Waals surface area (Å²) < 4.78 is 6.67. The monoisotopic (exact) mass is 244 g/mol. The Labute approximate surface area is 84.6 Å². The highest BCUT2D eigenvalue weighted by Crippen LogP contribution is 2.29. The molecule has 0 fully saturated rings. The van der Waals surface area contributed by atoms with Crippen LogP contribution in [-0.2, 0) is 5.75 Å². The van der Waals surface area contributed by atoms with Crippen molar-refractivity contribution < 1.29 is 4.74 Å². The third-order valence-electron chi connectivity index (χ3n) is 1.77. The first-order valence-corrected chi connectivity index (χ1v) is 5.80. The van der Waals surface area contributed by atoms with E-state index in [9.17, 15) is 0 Å². The number of benzene rings is 1. The van der Waals surface area contributed by atoms with Gasteiger partial charge in [-0.05, 0) is 12.1 Å². The second-order valence-corrected chi connectivity index (χ2v) is 4.67. The summed E-state index contributed by atoms with van der Waals surface area (Å²) in [5.74, 6) is 3.20. The molecule has 1 nitrogen and oxygen atoms in total. The van der Waals surface area contributed by atoms with Gasteiger partial charge in [0.1, 0.15) is 5.75 Å². The quantitative estimate of drug-likeness (QED) is 0.694. The van der Waals surface area contributed by atoms with Crippen molar-refractivity contribution in [2.45, 2.75) is 5.75 Å². The van der Waals surface area contributed by atoms with Gasteiger partial charge >= 0.3 is 0 Å². The molecule has 0 bridgehead atoms. The van der Waals surface area contributed by atoms with Crippen LogP contribution in [0.15, 0.2) is 22.7 Å². The van der Waals surface area contributed by atoms with Crippen LogP contribution >= 0.6 is 27.7 Å². The lowest BCUT2D eigenvalue weighted by Gasteiger charge is -2.05. The fourth-order valence-electron chi connectivity index (χ4n) is 1.17. The topological polar surface area (TPSA) is 9.23 Å². The molecule has 12 heavy (non-hydrogen) atoms. The van der Waals surface area contributed by atoms with Crippen molar-refractivity contribution in [2.24, 2.45) is 0 Å². The Morgan fingerprint density at radius 2 is 2.33 bits per heavy atom. The Balaban J connectivity index is 2.36. The van der Waals surface area contributed by atoms with E-state index in [0.717, 1.165) is 28.3 Å². The molecule has 0 spiro atoms. The average Bonchev–Trinajstić information content (AvgIpc) is 2.28. The van der Waals surface area contributed by atoms with E-state index >= 15 is 0 Å². The van der Waals surface area contributed by atoms with Gasteiger partial charge in [-0.1, -0.05) is 22.0 Å². The van der Waals surface area contributed by atoms with E-state index in [2.05, 4.69) is 28.1 Å². The molecule has 0 saturated heterocycles. The average molecular weight is 245 g/mol. The van der Waals surface area contributed by atoms with Crippen LogP contribution in [0.5, 0.6) is 5.75 Å². The van der Waals surface area contributed by atoms with Gasteiger partial charge in [-0.15, -0.1) is 0 Å². The molecule has 0 aliphatic carbocycles. The predicted octanol–water partition coefficient (Wildman–Crippen LogP) is 3.07. The third kappa shape index (κ3) is 1.77. The number of halogens is 1. The summed E-state index contributed by atoms with van der Waals surface area (Å²) in [6.45, 7) is 0.828. The highest BCUT2D eigenvalue weighted by molar-refractivity contribution is 9.10. The lowest BCUT2D eigenvalue weighted by atomic mass is 10.2. The molecule has 64 valence electrons. The predicted molar refractivity (Wildman–Crippen MR) is 55.8 cm³/mol. The molecule has 0 unspecified atom stereocenters. The maximum absolute atomic E-state index is 5.58. The first-order valence-electron chi connectivity index (χ1n) is 3.85. The fraction of sp³-hybridized carbons (Fsp3) is 0.333. The Morgan fingerprint density at radius 3 is 3.25 bits per heavy atom. The van der Waals surface area contributed by atoms with Gasteiger partial charge < -0.3 is 4.74 Å². The smallest absolute Gasteiger partial charge is 0.124 e.